The summed E-state index contributed by atoms with van der Waals surface area (Å²) in [5.74, 6) is -1.65. The quantitative estimate of drug-likeness (QED) is 0.151. The molecule has 4 aliphatic rings. The molecule has 0 aliphatic carbocycles. The van der Waals surface area contributed by atoms with E-state index in [0.717, 1.165) is 44.7 Å². The van der Waals surface area contributed by atoms with Gasteiger partial charge in [-0.2, -0.15) is 0 Å². The number of ether oxygens (including phenoxy) is 2. The van der Waals surface area contributed by atoms with Gasteiger partial charge in [-0.05, 0) is 68.9 Å². The molecule has 5 amide bonds. The van der Waals surface area contributed by atoms with E-state index in [9.17, 15) is 24.0 Å². The number of pyridine rings is 1. The van der Waals surface area contributed by atoms with Crippen LogP contribution in [0.1, 0.15) is 76.8 Å². The molecule has 5 atom stereocenters. The molecule has 3 aromatic heterocycles. The Bertz CT molecular complexity index is 2490. The van der Waals surface area contributed by atoms with Crippen LogP contribution in [0.5, 0.6) is 0 Å². The fourth-order valence-corrected chi connectivity index (χ4v) is 10.5. The maximum Gasteiger partial charge on any atom is 0.324 e. The monoisotopic (exact) mass is 924 g/mol. The number of fused-ring (bicyclic) bond motifs is 6. The maximum atomic E-state index is 14.6. The van der Waals surface area contributed by atoms with Gasteiger partial charge in [0.05, 0.1) is 46.9 Å². The van der Waals surface area contributed by atoms with Gasteiger partial charge in [-0.25, -0.2) is 15.2 Å². The van der Waals surface area contributed by atoms with Crippen molar-refractivity contribution in [3.63, 3.8) is 0 Å². The first-order valence-electron chi connectivity index (χ1n) is 23.1. The second-order valence-electron chi connectivity index (χ2n) is 19.3. The first-order chi connectivity index (χ1) is 31.5. The van der Waals surface area contributed by atoms with Gasteiger partial charge in [-0.15, -0.1) is 11.3 Å². The number of thiazole rings is 1. The summed E-state index contributed by atoms with van der Waals surface area (Å²) in [6, 6.07) is 6.93. The van der Waals surface area contributed by atoms with Crippen LogP contribution >= 0.6 is 11.3 Å². The van der Waals surface area contributed by atoms with E-state index in [1.165, 1.54) is 21.2 Å². The average Bonchev–Trinajstić information content (AvgIpc) is 3.97. The Hall–Kier alpha value is -5.43. The predicted octanol–water partition coefficient (Wildman–Crippen LogP) is 4.39. The highest BCUT2D eigenvalue weighted by atomic mass is 32.1. The van der Waals surface area contributed by atoms with Crippen LogP contribution in [0.3, 0.4) is 0 Å². The Morgan fingerprint density at radius 1 is 1.12 bits per heavy atom. The van der Waals surface area contributed by atoms with Crippen molar-refractivity contribution in [2.75, 3.05) is 54.0 Å². The highest BCUT2D eigenvalue weighted by molar-refractivity contribution is 7.10. The third-order valence-electron chi connectivity index (χ3n) is 13.5. The molecule has 8 rings (SSSR count). The zero-order chi connectivity index (χ0) is 47.2. The van der Waals surface area contributed by atoms with E-state index in [4.69, 9.17) is 19.4 Å². The first-order valence-corrected chi connectivity index (χ1v) is 24.0. The van der Waals surface area contributed by atoms with E-state index in [-0.39, 0.29) is 49.1 Å². The second-order valence-corrected chi connectivity index (χ2v) is 20.3. The minimum Gasteiger partial charge on any atom is -0.464 e. The van der Waals surface area contributed by atoms with Crippen molar-refractivity contribution in [1.29, 1.82) is 0 Å². The van der Waals surface area contributed by atoms with Gasteiger partial charge in [0.15, 0.2) is 0 Å². The van der Waals surface area contributed by atoms with Crippen LogP contribution in [0.2, 0.25) is 0 Å². The van der Waals surface area contributed by atoms with E-state index in [1.54, 1.807) is 37.2 Å². The van der Waals surface area contributed by atoms with Gasteiger partial charge in [0.2, 0.25) is 11.8 Å². The van der Waals surface area contributed by atoms with Crippen molar-refractivity contribution in [3.8, 4) is 22.5 Å². The number of hydrogen-bond acceptors (Lipinski definition) is 12. The summed E-state index contributed by atoms with van der Waals surface area (Å²) in [4.78, 5) is 84.1. The number of methoxy groups -OCH3 is 1. The van der Waals surface area contributed by atoms with Crippen LogP contribution in [0.4, 0.5) is 4.79 Å². The zero-order valence-electron chi connectivity index (χ0n) is 39.6. The number of hydrazine groups is 1. The number of hydrogen-bond donors (Lipinski definition) is 3. The number of likely N-dealkylation sites (tertiary alicyclic amines) is 1. The largest absolute Gasteiger partial charge is 0.464 e. The van der Waals surface area contributed by atoms with E-state index in [2.05, 4.69) is 65.7 Å². The van der Waals surface area contributed by atoms with E-state index in [1.807, 2.05) is 32.2 Å². The molecule has 7 heterocycles. The molecule has 3 fully saturated rings. The molecule has 3 N–H and O–H groups in total. The lowest BCUT2D eigenvalue weighted by atomic mass is 9.84. The summed E-state index contributed by atoms with van der Waals surface area (Å²) in [7, 11) is 4.97. The van der Waals surface area contributed by atoms with Crippen molar-refractivity contribution < 1.29 is 33.4 Å². The number of amides is 5. The van der Waals surface area contributed by atoms with Crippen molar-refractivity contribution in [2.45, 2.75) is 110 Å². The van der Waals surface area contributed by atoms with Crippen molar-refractivity contribution >= 4 is 52.0 Å². The van der Waals surface area contributed by atoms with E-state index >= 15 is 0 Å². The van der Waals surface area contributed by atoms with Gasteiger partial charge in [0.25, 0.3) is 5.91 Å². The van der Waals surface area contributed by atoms with Crippen molar-refractivity contribution in [3.05, 3.63) is 58.2 Å². The number of urea groups is 1. The fourth-order valence-electron chi connectivity index (χ4n) is 9.60. The molecule has 0 radical (unpaired) electrons. The summed E-state index contributed by atoms with van der Waals surface area (Å²) < 4.78 is 14.2. The lowest BCUT2D eigenvalue weighted by Crippen LogP contribution is -2.65. The van der Waals surface area contributed by atoms with E-state index in [0.29, 0.717) is 57.0 Å². The van der Waals surface area contributed by atoms with Crippen LogP contribution in [0.15, 0.2) is 41.9 Å². The third kappa shape index (κ3) is 9.42. The normalized spacial score (nSPS) is 22.0. The Balaban J connectivity index is 1.13. The minimum atomic E-state index is -1.08. The molecular formula is C48H64N10O7S. The summed E-state index contributed by atoms with van der Waals surface area (Å²) in [5.41, 5.74) is 9.27. The first kappa shape index (κ1) is 47.1. The number of nitrogens with one attached hydrogen (secondary N) is 3. The number of aryl methyl sites for hydroxylation is 1. The number of nitrogens with zero attached hydrogens (tertiary/aromatic N) is 7. The van der Waals surface area contributed by atoms with Gasteiger partial charge < -0.3 is 39.4 Å². The Morgan fingerprint density at radius 2 is 1.88 bits per heavy atom. The van der Waals surface area contributed by atoms with Crippen molar-refractivity contribution in [2.24, 2.45) is 11.3 Å². The molecule has 17 nitrogen and oxygen atoms in total. The standard InChI is InChI=1S/C48H64N10O7S/c1-10-57-38-16-15-29-19-32(38)33(42(57)31-13-11-17-49-40(31)28(4)64-9)21-48(5,6)26-65-46(62)34-14-12-18-58(53-34)45(61)35(20-39-51-37(29)25-66-39)52-43(59)41(27(2)3)55(8)47(63)54(7)30-23-56(24-30)44(60)36-22-50-36/h11,13,15-17,19,25,27-28,30,34-36,41,50,53H,10,12,14,18,20-24,26H2,1-9H3,(H,52,59)/t28-,34-,35-,36+,41-/m0/s1. The molecule has 4 aromatic rings. The number of benzene rings is 1. The molecule has 18 heteroatoms. The molecule has 1 aromatic carbocycles. The average molecular weight is 925 g/mol. The number of likely N-dealkylation sites (N-methyl/N-ethyl adjacent to an activating group) is 2. The molecule has 66 heavy (non-hydrogen) atoms. The number of carbonyl (C=O) groups is 5. The highest BCUT2D eigenvalue weighted by Crippen LogP contribution is 2.42. The number of esters is 1. The van der Waals surface area contributed by atoms with Gasteiger partial charge >= 0.3 is 12.0 Å². The van der Waals surface area contributed by atoms with Crippen LogP contribution in [0, 0.1) is 11.3 Å². The molecule has 0 unspecified atom stereocenters. The lowest BCUT2D eigenvalue weighted by Gasteiger charge is -2.45. The molecule has 354 valence electrons. The van der Waals surface area contributed by atoms with Crippen LogP contribution in [-0.4, -0.2) is 148 Å². The Kier molecular flexibility index (Phi) is 13.6. The maximum absolute atomic E-state index is 14.6. The number of aromatic nitrogens is 3. The molecule has 0 saturated carbocycles. The van der Waals surface area contributed by atoms with Crippen molar-refractivity contribution in [1.82, 2.24) is 50.3 Å². The van der Waals surface area contributed by atoms with Crippen LogP contribution in [0.25, 0.3) is 33.4 Å². The number of rotatable bonds is 10. The molecule has 0 spiro atoms. The summed E-state index contributed by atoms with van der Waals surface area (Å²) in [6.45, 7) is 14.7. The highest BCUT2D eigenvalue weighted by Gasteiger charge is 2.44. The summed E-state index contributed by atoms with van der Waals surface area (Å²) in [6.07, 6.45) is 3.19. The van der Waals surface area contributed by atoms with Gasteiger partial charge in [-0.3, -0.25) is 29.2 Å². The topological polar surface area (TPSA) is 193 Å². The molecule has 6 bridgehead atoms. The Labute approximate surface area is 390 Å². The third-order valence-corrected chi connectivity index (χ3v) is 14.4. The SMILES string of the molecule is CCn1c(-c2cccnc2[C@H](C)OC)c2c3cc(ccc31)-c1csc(n1)C[C@H](NC(=O)[C@H](C(C)C)N(C)C(=O)N(C)C1CN(C(=O)[C@H]3CN3)C1)C(=O)N1CCC[C@H](N1)C(=O)OCC(C)(C)C2. The van der Waals surface area contributed by atoms with Gasteiger partial charge in [0, 0.05) is 99.4 Å². The fraction of sp³-hybridized carbons (Fsp3) is 0.562. The number of carbonyl (C=O) groups excluding carboxylic acids is 5. The predicted molar refractivity (Wildman–Crippen MR) is 251 cm³/mol. The summed E-state index contributed by atoms with van der Waals surface area (Å²) in [5, 5.41) is 11.1. The second kappa shape index (κ2) is 19.1. The minimum absolute atomic E-state index is 0.0384. The van der Waals surface area contributed by atoms with Crippen LogP contribution < -0.4 is 16.1 Å². The zero-order valence-corrected chi connectivity index (χ0v) is 40.4. The number of cyclic esters (lactones) is 1. The molecule has 3 saturated heterocycles. The van der Waals surface area contributed by atoms with Gasteiger partial charge in [0.1, 0.15) is 18.1 Å². The Morgan fingerprint density at radius 3 is 2.58 bits per heavy atom. The van der Waals surface area contributed by atoms with Crippen LogP contribution in [-0.2, 0) is 48.0 Å². The lowest BCUT2D eigenvalue weighted by molar-refractivity contribution is -0.155. The molecule has 4 aliphatic heterocycles. The molecular weight excluding hydrogens is 861 g/mol. The summed E-state index contributed by atoms with van der Waals surface area (Å²) >= 11 is 1.41. The van der Waals surface area contributed by atoms with E-state index < -0.39 is 41.3 Å². The van der Waals surface area contributed by atoms with Gasteiger partial charge in [-0.1, -0.05) is 33.8 Å². The smallest absolute Gasteiger partial charge is 0.324 e.